The first-order chi connectivity index (χ1) is 10.9. The van der Waals surface area contributed by atoms with Crippen LogP contribution in [0, 0.1) is 0 Å². The zero-order chi connectivity index (χ0) is 17.0. The first kappa shape index (κ1) is 20.7. The Bertz CT molecular complexity index is 480. The summed E-state index contributed by atoms with van der Waals surface area (Å²) in [5.74, 6) is -0.503. The number of halogens is 1. The Morgan fingerprint density at radius 2 is 1.88 bits per heavy atom. The van der Waals surface area contributed by atoms with Gasteiger partial charge in [0.05, 0.1) is 0 Å². The van der Waals surface area contributed by atoms with Gasteiger partial charge in [0.15, 0.2) is 0 Å². The summed E-state index contributed by atoms with van der Waals surface area (Å²) >= 11 is 0. The number of carbonyl (C=O) groups is 3. The van der Waals surface area contributed by atoms with E-state index in [-0.39, 0.29) is 42.8 Å². The van der Waals surface area contributed by atoms with Crippen LogP contribution in [0.4, 0.5) is 4.79 Å². The molecule has 0 aromatic rings. The van der Waals surface area contributed by atoms with Crippen LogP contribution in [0.5, 0.6) is 0 Å². The average molecular weight is 361 g/mol. The maximum atomic E-state index is 12.8. The van der Waals surface area contributed by atoms with Gasteiger partial charge in [-0.05, 0) is 26.3 Å². The number of carbonyl (C=O) groups excluding carboxylic acids is 3. The van der Waals surface area contributed by atoms with Crippen LogP contribution < -0.4 is 10.6 Å². The number of urea groups is 1. The molecule has 4 amide bonds. The van der Waals surface area contributed by atoms with Crippen molar-refractivity contribution in [2.24, 2.45) is 0 Å². The third-order valence-corrected chi connectivity index (χ3v) is 4.94. The number of hydrogen-bond acceptors (Lipinski definition) is 4. The monoisotopic (exact) mass is 360 g/mol. The molecule has 1 saturated heterocycles. The van der Waals surface area contributed by atoms with E-state index in [2.05, 4.69) is 10.6 Å². The van der Waals surface area contributed by atoms with Gasteiger partial charge in [-0.15, -0.1) is 12.4 Å². The lowest BCUT2D eigenvalue weighted by Gasteiger charge is -2.35. The molecule has 0 radical (unpaired) electrons. The molecule has 1 aliphatic carbocycles. The summed E-state index contributed by atoms with van der Waals surface area (Å²) < 4.78 is 0. The number of likely N-dealkylation sites (N-methyl/N-ethyl adjacent to an activating group) is 2. The van der Waals surface area contributed by atoms with Crippen molar-refractivity contribution >= 4 is 30.3 Å². The van der Waals surface area contributed by atoms with Gasteiger partial charge in [-0.25, -0.2) is 4.79 Å². The van der Waals surface area contributed by atoms with Gasteiger partial charge in [-0.3, -0.25) is 14.5 Å². The molecule has 0 unspecified atom stereocenters. The molecule has 2 aliphatic rings. The fourth-order valence-electron chi connectivity index (χ4n) is 3.56. The van der Waals surface area contributed by atoms with Crippen molar-refractivity contribution in [2.45, 2.75) is 57.5 Å². The molecule has 2 rings (SSSR count). The maximum absolute atomic E-state index is 12.8. The Balaban J connectivity index is 0.00000288. The first-order valence-corrected chi connectivity index (χ1v) is 8.52. The molecule has 1 saturated carbocycles. The number of hydrogen-bond donors (Lipinski definition) is 2. The van der Waals surface area contributed by atoms with Gasteiger partial charge in [0.25, 0.3) is 5.91 Å². The van der Waals surface area contributed by atoms with Crippen molar-refractivity contribution < 1.29 is 14.4 Å². The normalized spacial score (nSPS) is 21.0. The number of rotatable bonds is 6. The van der Waals surface area contributed by atoms with Crippen LogP contribution in [0.15, 0.2) is 0 Å². The molecule has 1 heterocycles. The van der Waals surface area contributed by atoms with Gasteiger partial charge >= 0.3 is 6.03 Å². The van der Waals surface area contributed by atoms with Crippen LogP contribution >= 0.6 is 12.4 Å². The molecule has 0 aromatic carbocycles. The fraction of sp³-hybridized carbons (Fsp3) is 0.812. The van der Waals surface area contributed by atoms with Crippen LogP contribution in [0.25, 0.3) is 0 Å². The molecule has 7 nitrogen and oxygen atoms in total. The van der Waals surface area contributed by atoms with E-state index < -0.39 is 5.54 Å². The average Bonchev–Trinajstić information content (AvgIpc) is 2.70. The van der Waals surface area contributed by atoms with Crippen LogP contribution in [0.1, 0.15) is 46.0 Å². The minimum Gasteiger partial charge on any atom is -0.353 e. The number of imide groups is 1. The highest BCUT2D eigenvalue weighted by molar-refractivity contribution is 6.08. The Kier molecular flexibility index (Phi) is 7.48. The van der Waals surface area contributed by atoms with E-state index >= 15 is 0 Å². The van der Waals surface area contributed by atoms with E-state index in [0.717, 1.165) is 30.7 Å². The van der Waals surface area contributed by atoms with Crippen molar-refractivity contribution in [1.82, 2.24) is 20.4 Å². The van der Waals surface area contributed by atoms with Crippen molar-refractivity contribution in [2.75, 3.05) is 26.7 Å². The number of amides is 4. The molecular formula is C16H29ClN4O3. The summed E-state index contributed by atoms with van der Waals surface area (Å²) in [6.07, 6.45) is 4.39. The zero-order valence-electron chi connectivity index (χ0n) is 14.8. The van der Waals surface area contributed by atoms with Crippen LogP contribution in [-0.2, 0) is 9.59 Å². The Labute approximate surface area is 149 Å². The maximum Gasteiger partial charge on any atom is 0.327 e. The molecule has 24 heavy (non-hydrogen) atoms. The summed E-state index contributed by atoms with van der Waals surface area (Å²) in [5.41, 5.74) is -0.716. The summed E-state index contributed by atoms with van der Waals surface area (Å²) in [6, 6.07) is -0.201. The molecular weight excluding hydrogens is 332 g/mol. The third kappa shape index (κ3) is 4.00. The molecule has 2 fully saturated rings. The summed E-state index contributed by atoms with van der Waals surface area (Å²) in [4.78, 5) is 39.9. The smallest absolute Gasteiger partial charge is 0.327 e. The standard InChI is InChI=1S/C16H28N4O3.ClH/c1-4-17-12(2)10-18-13(21)11-20-14(22)16(19(3)15(20)23)8-6-5-7-9-16;/h12,17H,4-11H2,1-3H3,(H,18,21);1H/t12-;/m1./s1. The van der Waals surface area contributed by atoms with E-state index in [4.69, 9.17) is 0 Å². The van der Waals surface area contributed by atoms with E-state index in [1.165, 1.54) is 0 Å². The summed E-state index contributed by atoms with van der Waals surface area (Å²) in [6.45, 7) is 5.08. The topological polar surface area (TPSA) is 81.8 Å². The molecule has 2 N–H and O–H groups in total. The van der Waals surface area contributed by atoms with E-state index in [1.54, 1.807) is 11.9 Å². The predicted octanol–water partition coefficient (Wildman–Crippen LogP) is 1.12. The van der Waals surface area contributed by atoms with Crippen molar-refractivity contribution in [3.8, 4) is 0 Å². The predicted molar refractivity (Wildman–Crippen MR) is 94.1 cm³/mol. The van der Waals surface area contributed by atoms with Gasteiger partial charge in [-0.1, -0.05) is 26.2 Å². The largest absolute Gasteiger partial charge is 0.353 e. The van der Waals surface area contributed by atoms with Crippen LogP contribution in [-0.4, -0.2) is 65.9 Å². The van der Waals surface area contributed by atoms with E-state index in [9.17, 15) is 14.4 Å². The molecule has 138 valence electrons. The minimum atomic E-state index is -0.716. The van der Waals surface area contributed by atoms with Crippen LogP contribution in [0.3, 0.4) is 0 Å². The van der Waals surface area contributed by atoms with Gasteiger partial charge < -0.3 is 15.5 Å². The highest BCUT2D eigenvalue weighted by atomic mass is 35.5. The summed E-state index contributed by atoms with van der Waals surface area (Å²) in [7, 11) is 1.68. The van der Waals surface area contributed by atoms with Crippen molar-refractivity contribution in [1.29, 1.82) is 0 Å². The number of nitrogens with one attached hydrogen (secondary N) is 2. The quantitative estimate of drug-likeness (QED) is 0.695. The van der Waals surface area contributed by atoms with Gasteiger partial charge in [0, 0.05) is 19.6 Å². The van der Waals surface area contributed by atoms with Crippen LogP contribution in [0.2, 0.25) is 0 Å². The van der Waals surface area contributed by atoms with Gasteiger partial charge in [0.1, 0.15) is 12.1 Å². The second-order valence-electron chi connectivity index (χ2n) is 6.59. The second kappa shape index (κ2) is 8.67. The molecule has 0 bridgehead atoms. The van der Waals surface area contributed by atoms with E-state index in [0.29, 0.717) is 19.4 Å². The lowest BCUT2D eigenvalue weighted by atomic mass is 9.81. The second-order valence-corrected chi connectivity index (χ2v) is 6.59. The van der Waals surface area contributed by atoms with Crippen molar-refractivity contribution in [3.63, 3.8) is 0 Å². The Morgan fingerprint density at radius 1 is 1.25 bits per heavy atom. The fourth-order valence-corrected chi connectivity index (χ4v) is 3.56. The molecule has 0 aromatic heterocycles. The Morgan fingerprint density at radius 3 is 2.46 bits per heavy atom. The highest BCUT2D eigenvalue weighted by Crippen LogP contribution is 2.39. The lowest BCUT2D eigenvalue weighted by Crippen LogP contribution is -2.49. The summed E-state index contributed by atoms with van der Waals surface area (Å²) in [5, 5.41) is 5.97. The molecule has 1 atom stereocenters. The Hall–Kier alpha value is -1.34. The SMILES string of the molecule is CCN[C@H](C)CNC(=O)CN1C(=O)N(C)C2(CCCCC2)C1=O.Cl. The minimum absolute atomic E-state index is 0. The zero-order valence-corrected chi connectivity index (χ0v) is 15.6. The highest BCUT2D eigenvalue weighted by Gasteiger charge is 2.55. The number of nitrogens with zero attached hydrogens (tertiary/aromatic N) is 2. The van der Waals surface area contributed by atoms with Gasteiger partial charge in [-0.2, -0.15) is 0 Å². The molecule has 1 spiro atoms. The van der Waals surface area contributed by atoms with Crippen molar-refractivity contribution in [3.05, 3.63) is 0 Å². The third-order valence-electron chi connectivity index (χ3n) is 4.94. The molecule has 1 aliphatic heterocycles. The van der Waals surface area contributed by atoms with E-state index in [1.807, 2.05) is 13.8 Å². The lowest BCUT2D eigenvalue weighted by molar-refractivity contribution is -0.137. The molecule has 8 heteroatoms. The van der Waals surface area contributed by atoms with Gasteiger partial charge in [0.2, 0.25) is 5.91 Å². The first-order valence-electron chi connectivity index (χ1n) is 8.52.